The van der Waals surface area contributed by atoms with Gasteiger partial charge in [-0.15, -0.1) is 0 Å². The first kappa shape index (κ1) is 12.7. The Morgan fingerprint density at radius 2 is 2.15 bits per heavy atom. The summed E-state index contributed by atoms with van der Waals surface area (Å²) in [6.45, 7) is 0.687. The van der Waals surface area contributed by atoms with E-state index in [4.69, 9.17) is 5.73 Å². The third-order valence-electron chi connectivity index (χ3n) is 3.27. The molecule has 1 aromatic heterocycles. The first-order chi connectivity index (χ1) is 9.81. The van der Waals surface area contributed by atoms with Crippen LogP contribution in [0.3, 0.4) is 0 Å². The van der Waals surface area contributed by atoms with E-state index in [2.05, 4.69) is 15.4 Å². The molecular formula is C15H19N5. The molecule has 5 nitrogen and oxygen atoms in total. The SMILES string of the molecule is NC(=NCCc1cnn(-c2ccccc2)c1)NC1CC1. The number of guanidine groups is 1. The molecule has 20 heavy (non-hydrogen) atoms. The van der Waals surface area contributed by atoms with Crippen molar-refractivity contribution >= 4 is 5.96 Å². The number of hydrogen-bond donors (Lipinski definition) is 2. The number of rotatable bonds is 5. The van der Waals surface area contributed by atoms with Crippen molar-refractivity contribution < 1.29 is 0 Å². The molecule has 0 amide bonds. The monoisotopic (exact) mass is 269 g/mol. The molecule has 1 aliphatic carbocycles. The van der Waals surface area contributed by atoms with Crippen molar-refractivity contribution in [1.82, 2.24) is 15.1 Å². The van der Waals surface area contributed by atoms with E-state index in [0.29, 0.717) is 18.5 Å². The zero-order valence-corrected chi connectivity index (χ0v) is 11.4. The minimum absolute atomic E-state index is 0.555. The van der Waals surface area contributed by atoms with Crippen LogP contribution >= 0.6 is 0 Å². The van der Waals surface area contributed by atoms with Gasteiger partial charge in [0, 0.05) is 18.8 Å². The van der Waals surface area contributed by atoms with Crippen molar-refractivity contribution in [2.24, 2.45) is 10.7 Å². The van der Waals surface area contributed by atoms with E-state index >= 15 is 0 Å². The van der Waals surface area contributed by atoms with Crippen LogP contribution in [0.15, 0.2) is 47.7 Å². The summed E-state index contributed by atoms with van der Waals surface area (Å²) >= 11 is 0. The Balaban J connectivity index is 1.54. The standard InChI is InChI=1S/C15H19N5/c16-15(19-13-6-7-13)17-9-8-12-10-18-20(11-12)14-4-2-1-3-5-14/h1-5,10-11,13H,6-9H2,(H3,16,17,19). The number of nitrogens with one attached hydrogen (secondary N) is 1. The predicted molar refractivity (Wildman–Crippen MR) is 79.9 cm³/mol. The molecule has 5 heteroatoms. The maximum Gasteiger partial charge on any atom is 0.188 e. The van der Waals surface area contributed by atoms with Gasteiger partial charge in [-0.1, -0.05) is 18.2 Å². The molecule has 1 aromatic carbocycles. The van der Waals surface area contributed by atoms with Crippen molar-refractivity contribution in [2.75, 3.05) is 6.54 Å². The second-order valence-electron chi connectivity index (χ2n) is 5.06. The molecule has 1 heterocycles. The molecule has 1 aliphatic rings. The number of hydrogen-bond acceptors (Lipinski definition) is 2. The fourth-order valence-electron chi connectivity index (χ4n) is 2.00. The zero-order chi connectivity index (χ0) is 13.8. The number of para-hydroxylation sites is 1. The molecule has 0 atom stereocenters. The summed E-state index contributed by atoms with van der Waals surface area (Å²) in [5.74, 6) is 0.558. The van der Waals surface area contributed by atoms with Crippen LogP contribution < -0.4 is 11.1 Å². The average Bonchev–Trinajstić information content (AvgIpc) is 3.15. The molecule has 3 rings (SSSR count). The van der Waals surface area contributed by atoms with E-state index in [0.717, 1.165) is 17.7 Å². The fourth-order valence-corrected chi connectivity index (χ4v) is 2.00. The van der Waals surface area contributed by atoms with Crippen LogP contribution in [-0.4, -0.2) is 28.3 Å². The molecule has 1 saturated carbocycles. The van der Waals surface area contributed by atoms with Gasteiger partial charge < -0.3 is 11.1 Å². The highest BCUT2D eigenvalue weighted by Gasteiger charge is 2.21. The van der Waals surface area contributed by atoms with Crippen molar-refractivity contribution in [1.29, 1.82) is 0 Å². The third kappa shape index (κ3) is 3.38. The molecule has 3 N–H and O–H groups in total. The Kier molecular flexibility index (Phi) is 3.67. The summed E-state index contributed by atoms with van der Waals surface area (Å²) in [6, 6.07) is 10.6. The van der Waals surface area contributed by atoms with Crippen LogP contribution in [0.2, 0.25) is 0 Å². The van der Waals surface area contributed by atoms with Crippen LogP contribution in [0.4, 0.5) is 0 Å². The van der Waals surface area contributed by atoms with Gasteiger partial charge in [-0.05, 0) is 37.0 Å². The van der Waals surface area contributed by atoms with Gasteiger partial charge in [0.05, 0.1) is 11.9 Å². The summed E-state index contributed by atoms with van der Waals surface area (Å²) < 4.78 is 1.88. The molecule has 0 bridgehead atoms. The number of nitrogens with two attached hydrogens (primary N) is 1. The Hall–Kier alpha value is -2.30. The summed E-state index contributed by atoms with van der Waals surface area (Å²) in [6.07, 6.45) is 7.18. The fraction of sp³-hybridized carbons (Fsp3) is 0.333. The van der Waals surface area contributed by atoms with Crippen LogP contribution in [0, 0.1) is 0 Å². The normalized spacial score (nSPS) is 15.3. The van der Waals surface area contributed by atoms with Gasteiger partial charge in [0.25, 0.3) is 0 Å². The quantitative estimate of drug-likeness (QED) is 0.638. The number of aliphatic imine (C=N–C) groups is 1. The first-order valence-electron chi connectivity index (χ1n) is 6.97. The van der Waals surface area contributed by atoms with Crippen LogP contribution in [0.1, 0.15) is 18.4 Å². The van der Waals surface area contributed by atoms with E-state index in [9.17, 15) is 0 Å². The summed E-state index contributed by atoms with van der Waals surface area (Å²) in [5.41, 5.74) is 8.02. The lowest BCUT2D eigenvalue weighted by Gasteiger charge is -2.02. The summed E-state index contributed by atoms with van der Waals surface area (Å²) in [5, 5.41) is 7.54. The van der Waals surface area contributed by atoms with Gasteiger partial charge in [0.15, 0.2) is 5.96 Å². The second kappa shape index (κ2) is 5.77. The molecule has 1 fully saturated rings. The third-order valence-corrected chi connectivity index (χ3v) is 3.27. The van der Waals surface area contributed by atoms with Gasteiger partial charge >= 0.3 is 0 Å². The minimum atomic E-state index is 0.555. The number of nitrogens with zero attached hydrogens (tertiary/aromatic N) is 3. The van der Waals surface area contributed by atoms with E-state index < -0.39 is 0 Å². The molecule has 0 unspecified atom stereocenters. The van der Waals surface area contributed by atoms with Crippen LogP contribution in [0.25, 0.3) is 5.69 Å². The lowest BCUT2D eigenvalue weighted by molar-refractivity contribution is 0.868. The summed E-state index contributed by atoms with van der Waals surface area (Å²) in [4.78, 5) is 4.33. The lowest BCUT2D eigenvalue weighted by Crippen LogP contribution is -2.33. The Morgan fingerprint density at radius 1 is 1.35 bits per heavy atom. The van der Waals surface area contributed by atoms with Gasteiger partial charge in [-0.3, -0.25) is 4.99 Å². The van der Waals surface area contributed by atoms with Gasteiger partial charge in [-0.25, -0.2) is 4.68 Å². The average molecular weight is 269 g/mol. The smallest absolute Gasteiger partial charge is 0.188 e. The molecule has 0 radical (unpaired) electrons. The highest BCUT2D eigenvalue weighted by Crippen LogP contribution is 2.18. The van der Waals surface area contributed by atoms with Crippen molar-refractivity contribution in [3.05, 3.63) is 48.3 Å². The maximum atomic E-state index is 5.79. The Labute approximate surface area is 118 Å². The van der Waals surface area contributed by atoms with Crippen LogP contribution in [-0.2, 0) is 6.42 Å². The Bertz CT molecular complexity index is 583. The topological polar surface area (TPSA) is 68.2 Å². The van der Waals surface area contributed by atoms with Gasteiger partial charge in [-0.2, -0.15) is 5.10 Å². The second-order valence-corrected chi connectivity index (χ2v) is 5.06. The van der Waals surface area contributed by atoms with E-state index in [1.807, 2.05) is 47.4 Å². The highest BCUT2D eigenvalue weighted by atomic mass is 15.3. The van der Waals surface area contributed by atoms with E-state index in [1.165, 1.54) is 12.8 Å². The van der Waals surface area contributed by atoms with Crippen molar-refractivity contribution in [3.63, 3.8) is 0 Å². The summed E-state index contributed by atoms with van der Waals surface area (Å²) in [7, 11) is 0. The van der Waals surface area contributed by atoms with E-state index in [1.54, 1.807) is 0 Å². The molecule has 0 aliphatic heterocycles. The molecular weight excluding hydrogens is 250 g/mol. The number of benzene rings is 1. The zero-order valence-electron chi connectivity index (χ0n) is 11.4. The highest BCUT2D eigenvalue weighted by molar-refractivity contribution is 5.78. The molecule has 104 valence electrons. The Morgan fingerprint density at radius 3 is 2.90 bits per heavy atom. The van der Waals surface area contributed by atoms with Gasteiger partial charge in [0.1, 0.15) is 0 Å². The largest absolute Gasteiger partial charge is 0.370 e. The molecule has 0 spiro atoms. The molecule has 0 saturated heterocycles. The van der Waals surface area contributed by atoms with Gasteiger partial charge in [0.2, 0.25) is 0 Å². The first-order valence-corrected chi connectivity index (χ1v) is 6.97. The lowest BCUT2D eigenvalue weighted by atomic mass is 10.2. The molecule has 2 aromatic rings. The predicted octanol–water partition coefficient (Wildman–Crippen LogP) is 1.48. The van der Waals surface area contributed by atoms with Crippen molar-refractivity contribution in [3.8, 4) is 5.69 Å². The van der Waals surface area contributed by atoms with E-state index in [-0.39, 0.29) is 0 Å². The van der Waals surface area contributed by atoms with Crippen molar-refractivity contribution in [2.45, 2.75) is 25.3 Å². The number of aromatic nitrogens is 2. The minimum Gasteiger partial charge on any atom is -0.370 e. The maximum absolute atomic E-state index is 5.79. The van der Waals surface area contributed by atoms with Crippen LogP contribution in [0.5, 0.6) is 0 Å².